The summed E-state index contributed by atoms with van der Waals surface area (Å²) in [6.45, 7) is 3.73. The molecule has 0 bridgehead atoms. The zero-order valence-corrected chi connectivity index (χ0v) is 18.8. The lowest BCUT2D eigenvalue weighted by atomic mass is 10.1. The molecule has 0 saturated heterocycles. The lowest BCUT2D eigenvalue weighted by Crippen LogP contribution is -2.01. The molecule has 10 heteroatoms. The number of anilines is 2. The number of fused-ring (bicyclic) bond motifs is 1. The van der Waals surface area contributed by atoms with E-state index in [4.69, 9.17) is 21.3 Å². The molecule has 166 valence electrons. The number of aryl methyl sites for hydroxylation is 2. The van der Waals surface area contributed by atoms with Gasteiger partial charge in [-0.2, -0.15) is 10.2 Å². The number of nitrogens with one attached hydrogen (secondary N) is 1. The van der Waals surface area contributed by atoms with Gasteiger partial charge < -0.3 is 10.1 Å². The average Bonchev–Trinajstić information content (AvgIpc) is 3.41. The Morgan fingerprint density at radius 3 is 2.67 bits per heavy atom. The van der Waals surface area contributed by atoms with Crippen LogP contribution in [0.2, 0.25) is 5.15 Å². The number of halogens is 2. The van der Waals surface area contributed by atoms with Crippen LogP contribution in [0.3, 0.4) is 0 Å². The average molecular weight is 464 g/mol. The molecule has 8 nitrogen and oxygen atoms in total. The Morgan fingerprint density at radius 1 is 1.06 bits per heavy atom. The van der Waals surface area contributed by atoms with Gasteiger partial charge in [-0.3, -0.25) is 0 Å². The van der Waals surface area contributed by atoms with Gasteiger partial charge in [0.2, 0.25) is 0 Å². The van der Waals surface area contributed by atoms with Crippen LogP contribution < -0.4 is 10.1 Å². The second-order valence-electron chi connectivity index (χ2n) is 7.48. The first-order valence-corrected chi connectivity index (χ1v) is 10.5. The topological polar surface area (TPSA) is 82.2 Å². The van der Waals surface area contributed by atoms with Crippen molar-refractivity contribution in [2.24, 2.45) is 0 Å². The van der Waals surface area contributed by atoms with Crippen molar-refractivity contribution in [1.82, 2.24) is 29.4 Å². The van der Waals surface area contributed by atoms with Gasteiger partial charge in [0.1, 0.15) is 29.4 Å². The Labute approximate surface area is 193 Å². The fraction of sp³-hybridized carbons (Fsp3) is 0.130. The van der Waals surface area contributed by atoms with Gasteiger partial charge in [-0.05, 0) is 43.7 Å². The molecule has 0 radical (unpaired) electrons. The molecule has 0 saturated carbocycles. The van der Waals surface area contributed by atoms with Crippen LogP contribution in [0.25, 0.3) is 22.6 Å². The molecular formula is C23H19ClFN7O. The third-order valence-corrected chi connectivity index (χ3v) is 5.37. The largest absolute Gasteiger partial charge is 0.494 e. The fourth-order valence-electron chi connectivity index (χ4n) is 3.60. The quantitative estimate of drug-likeness (QED) is 0.388. The predicted octanol–water partition coefficient (Wildman–Crippen LogP) is 5.14. The zero-order chi connectivity index (χ0) is 23.1. The molecule has 3 aromatic heterocycles. The van der Waals surface area contributed by atoms with E-state index in [9.17, 15) is 4.39 Å². The minimum absolute atomic E-state index is 0.284. The second-order valence-corrected chi connectivity index (χ2v) is 7.87. The van der Waals surface area contributed by atoms with E-state index < -0.39 is 0 Å². The first-order valence-electron chi connectivity index (χ1n) is 10.1. The molecule has 5 aromatic rings. The summed E-state index contributed by atoms with van der Waals surface area (Å²) in [6.07, 6.45) is 3.36. The molecule has 33 heavy (non-hydrogen) atoms. The van der Waals surface area contributed by atoms with E-state index >= 15 is 0 Å². The monoisotopic (exact) mass is 463 g/mol. The molecule has 0 amide bonds. The normalized spacial score (nSPS) is 11.2. The lowest BCUT2D eigenvalue weighted by Gasteiger charge is -2.12. The number of hydrogen-bond donors (Lipinski definition) is 1. The summed E-state index contributed by atoms with van der Waals surface area (Å²) >= 11 is 6.27. The number of imidazole rings is 1. The SMILES string of the molecule is COc1cc(Nc2cc(Cl)nn3cc(-c4cc(F)ccc4C)nc23)ccc1-n1cnc(C)n1. The Hall–Kier alpha value is -3.98. The number of rotatable bonds is 5. The number of aromatic nitrogens is 6. The van der Waals surface area contributed by atoms with Crippen LogP contribution in [0, 0.1) is 19.7 Å². The molecule has 3 heterocycles. The summed E-state index contributed by atoms with van der Waals surface area (Å²) in [7, 11) is 1.59. The maximum atomic E-state index is 13.8. The van der Waals surface area contributed by atoms with Crippen molar-refractivity contribution in [2.75, 3.05) is 12.4 Å². The van der Waals surface area contributed by atoms with Crippen molar-refractivity contribution in [3.8, 4) is 22.7 Å². The van der Waals surface area contributed by atoms with Gasteiger partial charge in [-0.1, -0.05) is 17.7 Å². The Kier molecular flexibility index (Phi) is 5.18. The number of ether oxygens (including phenoxy) is 1. The summed E-state index contributed by atoms with van der Waals surface area (Å²) in [5, 5.41) is 12.3. The summed E-state index contributed by atoms with van der Waals surface area (Å²) in [5.74, 6) is 0.948. The van der Waals surface area contributed by atoms with Gasteiger partial charge in [-0.25, -0.2) is 23.6 Å². The minimum atomic E-state index is -0.327. The Bertz CT molecular complexity index is 1490. The molecule has 5 rings (SSSR count). The maximum Gasteiger partial charge on any atom is 0.178 e. The summed E-state index contributed by atoms with van der Waals surface area (Å²) in [4.78, 5) is 8.86. The molecular weight excluding hydrogens is 445 g/mol. The highest BCUT2D eigenvalue weighted by Crippen LogP contribution is 2.31. The van der Waals surface area contributed by atoms with Crippen LogP contribution in [0.15, 0.2) is 55.0 Å². The van der Waals surface area contributed by atoms with Crippen LogP contribution in [-0.2, 0) is 0 Å². The summed E-state index contributed by atoms with van der Waals surface area (Å²) in [5.41, 5.74) is 4.89. The predicted molar refractivity (Wildman–Crippen MR) is 124 cm³/mol. The zero-order valence-electron chi connectivity index (χ0n) is 18.0. The number of methoxy groups -OCH3 is 1. The number of hydrogen-bond acceptors (Lipinski definition) is 6. The van der Waals surface area contributed by atoms with Crippen molar-refractivity contribution in [3.63, 3.8) is 0 Å². The number of benzene rings is 2. The maximum absolute atomic E-state index is 13.8. The highest BCUT2D eigenvalue weighted by Gasteiger charge is 2.15. The fourth-order valence-corrected chi connectivity index (χ4v) is 3.79. The molecule has 0 aliphatic heterocycles. The molecule has 0 aliphatic carbocycles. The molecule has 1 N–H and O–H groups in total. The van der Waals surface area contributed by atoms with E-state index in [1.54, 1.807) is 41.0 Å². The molecule has 0 aliphatic rings. The van der Waals surface area contributed by atoms with E-state index in [0.29, 0.717) is 34.2 Å². The molecule has 0 unspecified atom stereocenters. The highest BCUT2D eigenvalue weighted by molar-refractivity contribution is 6.29. The highest BCUT2D eigenvalue weighted by atomic mass is 35.5. The molecule has 0 fully saturated rings. The van der Waals surface area contributed by atoms with E-state index in [0.717, 1.165) is 16.9 Å². The third kappa shape index (κ3) is 3.98. The molecule has 0 atom stereocenters. The van der Waals surface area contributed by atoms with Gasteiger partial charge >= 0.3 is 0 Å². The van der Waals surface area contributed by atoms with Gasteiger partial charge in [0.25, 0.3) is 0 Å². The van der Waals surface area contributed by atoms with E-state index in [1.165, 1.54) is 12.1 Å². The van der Waals surface area contributed by atoms with Crippen LogP contribution in [0.1, 0.15) is 11.4 Å². The lowest BCUT2D eigenvalue weighted by molar-refractivity contribution is 0.412. The summed E-state index contributed by atoms with van der Waals surface area (Å²) < 4.78 is 22.6. The summed E-state index contributed by atoms with van der Waals surface area (Å²) in [6, 6.07) is 11.9. The van der Waals surface area contributed by atoms with Crippen LogP contribution in [0.4, 0.5) is 15.8 Å². The Morgan fingerprint density at radius 2 is 1.91 bits per heavy atom. The Balaban J connectivity index is 1.55. The molecule has 2 aromatic carbocycles. The third-order valence-electron chi connectivity index (χ3n) is 5.18. The second kappa shape index (κ2) is 8.18. The van der Waals surface area contributed by atoms with E-state index in [1.807, 2.05) is 32.0 Å². The smallest absolute Gasteiger partial charge is 0.178 e. The van der Waals surface area contributed by atoms with E-state index in [-0.39, 0.29) is 11.0 Å². The van der Waals surface area contributed by atoms with Crippen molar-refractivity contribution in [1.29, 1.82) is 0 Å². The van der Waals surface area contributed by atoms with Crippen molar-refractivity contribution in [3.05, 3.63) is 77.3 Å². The van der Waals surface area contributed by atoms with Gasteiger partial charge in [0.15, 0.2) is 10.8 Å². The first-order chi connectivity index (χ1) is 15.9. The van der Waals surface area contributed by atoms with Crippen LogP contribution >= 0.6 is 11.6 Å². The standard InChI is InChI=1S/C23H19ClFN7O/c1-13-4-5-15(25)8-17(13)19-11-31-23(28-19)18(10-22(24)30-31)27-16-6-7-20(21(9-16)33-3)32-12-26-14(2)29-32/h4-12,27H,1-3H3. The first kappa shape index (κ1) is 20.9. The number of nitrogens with zero attached hydrogens (tertiary/aromatic N) is 6. The van der Waals surface area contributed by atoms with Gasteiger partial charge in [0, 0.05) is 23.4 Å². The van der Waals surface area contributed by atoms with Crippen LogP contribution in [-0.4, -0.2) is 36.5 Å². The van der Waals surface area contributed by atoms with Crippen LogP contribution in [0.5, 0.6) is 5.75 Å². The van der Waals surface area contributed by atoms with Crippen molar-refractivity contribution in [2.45, 2.75) is 13.8 Å². The molecule has 0 spiro atoms. The van der Waals surface area contributed by atoms with E-state index in [2.05, 4.69) is 20.5 Å². The minimum Gasteiger partial charge on any atom is -0.494 e. The van der Waals surface area contributed by atoms with Gasteiger partial charge in [0.05, 0.1) is 24.7 Å². The van der Waals surface area contributed by atoms with Crippen molar-refractivity contribution >= 4 is 28.6 Å². The van der Waals surface area contributed by atoms with Gasteiger partial charge in [-0.15, -0.1) is 0 Å². The van der Waals surface area contributed by atoms with Crippen molar-refractivity contribution < 1.29 is 9.13 Å².